The standard InChI is InChI=1S/C57H70N6O6/c1-7-13-21-39-28-32-45(33-29-39)63-55(69)60(52(66)56(63)34-15-14-16-35-56)48(50(64)58-46-40(9-3)22-19-23-41(46)10-4)49(51(65)59-47-42(11-5)24-20-25-43(47)12-6)61-53(67)57(36-17-18-37-57)62(54(61)68)44-30-26-38(8-2)27-31-44/h19-20,22-33,48-49H,7-18,21,34-37H2,1-6H3,(H,58,64)(H,59,65). The third kappa shape index (κ3) is 8.73. The van der Waals surface area contributed by atoms with Gasteiger partial charge in [-0.2, -0.15) is 0 Å². The second-order valence-corrected chi connectivity index (χ2v) is 19.4. The predicted molar refractivity (Wildman–Crippen MR) is 273 cm³/mol. The molecule has 8 amide bonds. The van der Waals surface area contributed by atoms with E-state index >= 15 is 28.8 Å². The van der Waals surface area contributed by atoms with E-state index in [1.165, 1.54) is 4.90 Å². The molecule has 2 saturated heterocycles. The number of amides is 8. The monoisotopic (exact) mass is 935 g/mol. The van der Waals surface area contributed by atoms with Crippen LogP contribution in [0.15, 0.2) is 84.9 Å². The summed E-state index contributed by atoms with van der Waals surface area (Å²) in [4.78, 5) is 100. The van der Waals surface area contributed by atoms with Crippen LogP contribution in [0, 0.1) is 0 Å². The molecular formula is C57H70N6O6. The topological polar surface area (TPSA) is 139 Å². The Kier molecular flexibility index (Phi) is 14.8. The lowest BCUT2D eigenvalue weighted by Crippen LogP contribution is -2.65. The molecule has 2 heterocycles. The summed E-state index contributed by atoms with van der Waals surface area (Å²) in [6, 6.07) is 21.2. The van der Waals surface area contributed by atoms with Gasteiger partial charge in [0.2, 0.25) is 11.8 Å². The van der Waals surface area contributed by atoms with Gasteiger partial charge < -0.3 is 10.6 Å². The Morgan fingerprint density at radius 1 is 0.493 bits per heavy atom. The summed E-state index contributed by atoms with van der Waals surface area (Å²) in [5, 5.41) is 6.28. The molecule has 4 aromatic carbocycles. The summed E-state index contributed by atoms with van der Waals surface area (Å²) in [5.74, 6) is -2.94. The first-order chi connectivity index (χ1) is 33.4. The molecule has 12 heteroatoms. The van der Waals surface area contributed by atoms with E-state index in [1.54, 1.807) is 4.90 Å². The number of para-hydroxylation sites is 2. The van der Waals surface area contributed by atoms with Crippen LogP contribution in [0.25, 0.3) is 0 Å². The van der Waals surface area contributed by atoms with Crippen molar-refractivity contribution in [1.29, 1.82) is 0 Å². The average Bonchev–Trinajstić information content (AvgIpc) is 4.00. The maximum absolute atomic E-state index is 16.0. The highest BCUT2D eigenvalue weighted by Gasteiger charge is 2.67. The van der Waals surface area contributed by atoms with Gasteiger partial charge in [0.1, 0.15) is 11.1 Å². The second-order valence-electron chi connectivity index (χ2n) is 19.4. The molecule has 2 N–H and O–H groups in total. The molecule has 2 saturated carbocycles. The van der Waals surface area contributed by atoms with Gasteiger partial charge in [0.05, 0.1) is 0 Å². The van der Waals surface area contributed by atoms with Crippen molar-refractivity contribution < 1.29 is 28.8 Å². The van der Waals surface area contributed by atoms with Crippen molar-refractivity contribution in [3.63, 3.8) is 0 Å². The second kappa shape index (κ2) is 20.7. The molecule has 12 nitrogen and oxygen atoms in total. The number of carbonyl (C=O) groups is 6. The first-order valence-electron chi connectivity index (χ1n) is 25.8. The fraction of sp³-hybridized carbons (Fsp3) is 0.474. The van der Waals surface area contributed by atoms with Crippen molar-refractivity contribution in [2.45, 2.75) is 174 Å². The number of hydrogen-bond donors (Lipinski definition) is 2. The van der Waals surface area contributed by atoms with Gasteiger partial charge in [0, 0.05) is 22.7 Å². The van der Waals surface area contributed by atoms with E-state index < -0.39 is 58.9 Å². The Morgan fingerprint density at radius 2 is 0.855 bits per heavy atom. The number of nitrogens with one attached hydrogen (secondary N) is 2. The van der Waals surface area contributed by atoms with E-state index in [0.29, 0.717) is 99.8 Å². The third-order valence-corrected chi connectivity index (χ3v) is 15.5. The lowest BCUT2D eigenvalue weighted by molar-refractivity contribution is -0.145. The summed E-state index contributed by atoms with van der Waals surface area (Å²) in [7, 11) is 0. The Balaban J connectivity index is 1.37. The maximum Gasteiger partial charge on any atom is 0.333 e. The molecule has 8 rings (SSSR count). The summed E-state index contributed by atoms with van der Waals surface area (Å²) < 4.78 is 0. The number of carbonyl (C=O) groups excluding carboxylic acids is 6. The zero-order valence-corrected chi connectivity index (χ0v) is 41.5. The highest BCUT2D eigenvalue weighted by molar-refractivity contribution is 6.23. The number of aryl methyl sites for hydroxylation is 6. The maximum atomic E-state index is 16.0. The largest absolute Gasteiger partial charge is 0.333 e. The molecule has 4 aliphatic rings. The normalized spacial score (nSPS) is 18.5. The van der Waals surface area contributed by atoms with E-state index in [0.717, 1.165) is 75.3 Å². The molecule has 2 spiro atoms. The van der Waals surface area contributed by atoms with Crippen LogP contribution in [0.2, 0.25) is 0 Å². The van der Waals surface area contributed by atoms with E-state index in [2.05, 4.69) is 17.6 Å². The fourth-order valence-electron chi connectivity index (χ4n) is 11.6. The predicted octanol–water partition coefficient (Wildman–Crippen LogP) is 11.1. The number of hydrogen-bond acceptors (Lipinski definition) is 6. The quantitative estimate of drug-likeness (QED) is 0.101. The van der Waals surface area contributed by atoms with Gasteiger partial charge in [-0.15, -0.1) is 0 Å². The highest BCUT2D eigenvalue weighted by atomic mass is 16.2. The minimum atomic E-state index is -1.99. The first-order valence-corrected chi connectivity index (χ1v) is 25.8. The van der Waals surface area contributed by atoms with Crippen molar-refractivity contribution in [2.24, 2.45) is 0 Å². The number of imide groups is 2. The van der Waals surface area contributed by atoms with Crippen LogP contribution in [0.1, 0.15) is 146 Å². The van der Waals surface area contributed by atoms with Crippen LogP contribution in [0.4, 0.5) is 32.3 Å². The molecule has 4 aromatic rings. The minimum Gasteiger partial charge on any atom is -0.324 e. The van der Waals surface area contributed by atoms with Crippen LogP contribution in [-0.2, 0) is 57.7 Å². The smallest absolute Gasteiger partial charge is 0.324 e. The van der Waals surface area contributed by atoms with Gasteiger partial charge in [-0.05, 0) is 128 Å². The van der Waals surface area contributed by atoms with Crippen LogP contribution in [0.5, 0.6) is 0 Å². The number of nitrogens with zero attached hydrogens (tertiary/aromatic N) is 4. The third-order valence-electron chi connectivity index (χ3n) is 15.5. The molecule has 2 atom stereocenters. The lowest BCUT2D eigenvalue weighted by Gasteiger charge is -2.38. The molecule has 69 heavy (non-hydrogen) atoms. The SMILES string of the molecule is CCCCc1ccc(N2C(=O)N(C(C(=O)Nc3c(CC)cccc3CC)C(C(=O)Nc3c(CC)cccc3CC)N3C(=O)N(c4ccc(CC)cc4)C4(CCCC4)C3=O)C(=O)C23CCCCC3)cc1. The van der Waals surface area contributed by atoms with Crippen molar-refractivity contribution in [2.75, 3.05) is 20.4 Å². The van der Waals surface area contributed by atoms with Crippen molar-refractivity contribution in [3.8, 4) is 0 Å². The first kappa shape index (κ1) is 49.1. The lowest BCUT2D eigenvalue weighted by atomic mass is 9.80. The van der Waals surface area contributed by atoms with E-state index in [4.69, 9.17) is 0 Å². The number of anilines is 4. The summed E-state index contributed by atoms with van der Waals surface area (Å²) >= 11 is 0. The molecule has 0 aromatic heterocycles. The van der Waals surface area contributed by atoms with Gasteiger partial charge in [-0.3, -0.25) is 29.0 Å². The Bertz CT molecular complexity index is 2530. The number of urea groups is 2. The number of benzene rings is 4. The molecule has 2 aliphatic heterocycles. The molecule has 2 unspecified atom stereocenters. The average molecular weight is 935 g/mol. The molecule has 0 radical (unpaired) electrons. The van der Waals surface area contributed by atoms with Crippen LogP contribution in [-0.4, -0.2) is 68.7 Å². The van der Waals surface area contributed by atoms with Gasteiger partial charge in [0.15, 0.2) is 12.1 Å². The zero-order chi connectivity index (χ0) is 49.0. The Morgan fingerprint density at radius 3 is 1.20 bits per heavy atom. The zero-order valence-electron chi connectivity index (χ0n) is 41.5. The van der Waals surface area contributed by atoms with Gasteiger partial charge in [-0.25, -0.2) is 19.4 Å². The van der Waals surface area contributed by atoms with Gasteiger partial charge in [0.25, 0.3) is 11.8 Å². The molecule has 0 bridgehead atoms. The van der Waals surface area contributed by atoms with Gasteiger partial charge >= 0.3 is 12.1 Å². The minimum absolute atomic E-state index is 0.337. The van der Waals surface area contributed by atoms with Crippen LogP contribution in [0.3, 0.4) is 0 Å². The summed E-state index contributed by atoms with van der Waals surface area (Å²) in [6.45, 7) is 12.1. The summed E-state index contributed by atoms with van der Waals surface area (Å²) in [6.07, 6.45) is 10.7. The van der Waals surface area contributed by atoms with E-state index in [1.807, 2.05) is 120 Å². The molecule has 4 fully saturated rings. The number of rotatable bonds is 17. The van der Waals surface area contributed by atoms with Gasteiger partial charge in [-0.1, -0.05) is 141 Å². The number of unbranched alkanes of at least 4 members (excludes halogenated alkanes) is 1. The van der Waals surface area contributed by atoms with E-state index in [-0.39, 0.29) is 0 Å². The van der Waals surface area contributed by atoms with Crippen LogP contribution < -0.4 is 20.4 Å². The van der Waals surface area contributed by atoms with Crippen molar-refractivity contribution in [1.82, 2.24) is 9.80 Å². The Hall–Kier alpha value is -6.30. The van der Waals surface area contributed by atoms with Crippen molar-refractivity contribution >= 4 is 58.4 Å². The molecule has 364 valence electrons. The van der Waals surface area contributed by atoms with Crippen molar-refractivity contribution in [3.05, 3.63) is 118 Å². The fourth-order valence-corrected chi connectivity index (χ4v) is 11.6. The summed E-state index contributed by atoms with van der Waals surface area (Å²) in [5.41, 5.74) is 4.70. The molecular weight excluding hydrogens is 865 g/mol. The van der Waals surface area contributed by atoms with E-state index in [9.17, 15) is 0 Å². The Labute approximate surface area is 408 Å². The van der Waals surface area contributed by atoms with Crippen LogP contribution >= 0.6 is 0 Å². The highest BCUT2D eigenvalue weighted by Crippen LogP contribution is 2.48. The molecule has 2 aliphatic carbocycles.